The molecule has 0 spiro atoms. The molecule has 0 aliphatic heterocycles. The Labute approximate surface area is 174 Å². The summed E-state index contributed by atoms with van der Waals surface area (Å²) in [6.07, 6.45) is 4.03. The van der Waals surface area contributed by atoms with Gasteiger partial charge in [0.15, 0.2) is 14.1 Å². The second kappa shape index (κ2) is 8.71. The van der Waals surface area contributed by atoms with Crippen molar-refractivity contribution in [1.82, 2.24) is 0 Å². The van der Waals surface area contributed by atoms with Crippen molar-refractivity contribution in [1.29, 1.82) is 0 Å². The average molecular weight is 445 g/mol. The molecule has 0 radical (unpaired) electrons. The Morgan fingerprint density at radius 3 is 2.28 bits per heavy atom. The number of sulfonamides is 1. The first kappa shape index (κ1) is 23.8. The van der Waals surface area contributed by atoms with E-state index in [1.165, 1.54) is 12.1 Å². The zero-order valence-electron chi connectivity index (χ0n) is 17.8. The predicted molar refractivity (Wildman–Crippen MR) is 114 cm³/mol. The molecule has 0 unspecified atom stereocenters. The molecule has 0 atom stereocenters. The molecular formula is C19H32N2O6SSi. The van der Waals surface area contributed by atoms with E-state index in [0.29, 0.717) is 6.61 Å². The molecule has 0 bridgehead atoms. The molecule has 0 saturated heterocycles. The van der Waals surface area contributed by atoms with E-state index in [1.54, 1.807) is 0 Å². The molecule has 164 valence electrons. The first-order chi connectivity index (χ1) is 13.2. The van der Waals surface area contributed by atoms with Gasteiger partial charge in [0.1, 0.15) is 0 Å². The number of primary sulfonamides is 1. The summed E-state index contributed by atoms with van der Waals surface area (Å²) in [7, 11) is -5.81. The van der Waals surface area contributed by atoms with Gasteiger partial charge in [-0.25, -0.2) is 13.6 Å². The Bertz CT molecular complexity index is 843. The van der Waals surface area contributed by atoms with Crippen molar-refractivity contribution in [3.8, 4) is 5.75 Å². The average Bonchev–Trinajstić information content (AvgIpc) is 2.58. The van der Waals surface area contributed by atoms with Crippen molar-refractivity contribution in [3.63, 3.8) is 0 Å². The van der Waals surface area contributed by atoms with Crippen LogP contribution in [0.4, 0.5) is 5.69 Å². The third-order valence-corrected chi connectivity index (χ3v) is 11.4. The molecule has 2 N–H and O–H groups in total. The highest BCUT2D eigenvalue weighted by atomic mass is 32.2. The van der Waals surface area contributed by atoms with Gasteiger partial charge < -0.3 is 9.16 Å². The van der Waals surface area contributed by atoms with Crippen LogP contribution >= 0.6 is 0 Å². The van der Waals surface area contributed by atoms with Gasteiger partial charge in [0.2, 0.25) is 10.0 Å². The van der Waals surface area contributed by atoms with E-state index in [0.717, 1.165) is 31.7 Å². The molecule has 0 heterocycles. The SMILES string of the molecule is CC(C)(C)[Si](C)(C)OC1CCC(COc2ccc(S(N)(=O)=O)cc2[N+](=O)[O-])CC1. The number of nitrogens with zero attached hydrogens (tertiary/aromatic N) is 1. The van der Waals surface area contributed by atoms with Gasteiger partial charge in [-0.1, -0.05) is 20.8 Å². The standard InChI is InChI=1S/C19H32N2O6SSi/c1-19(2,3)29(4,5)27-15-8-6-14(7-9-15)13-26-18-11-10-16(28(20,24)25)12-17(18)21(22)23/h10-12,14-15H,6-9,13H2,1-5H3,(H2,20,24,25). The molecule has 1 aliphatic rings. The molecule has 0 amide bonds. The Kier molecular flexibility index (Phi) is 7.14. The number of ether oxygens (including phenoxy) is 1. The Hall–Kier alpha value is -1.49. The second-order valence-electron chi connectivity index (χ2n) is 9.26. The van der Waals surface area contributed by atoms with Crippen LogP contribution in [0.5, 0.6) is 5.75 Å². The first-order valence-electron chi connectivity index (χ1n) is 9.82. The molecule has 10 heteroatoms. The van der Waals surface area contributed by atoms with Crippen molar-refractivity contribution in [2.24, 2.45) is 11.1 Å². The minimum absolute atomic E-state index is 0.0575. The van der Waals surface area contributed by atoms with Crippen molar-refractivity contribution >= 4 is 24.0 Å². The fraction of sp³-hybridized carbons (Fsp3) is 0.684. The maximum atomic E-state index is 11.4. The molecule has 1 aromatic carbocycles. The lowest BCUT2D eigenvalue weighted by Crippen LogP contribution is -2.44. The molecular weight excluding hydrogens is 412 g/mol. The van der Waals surface area contributed by atoms with Crippen molar-refractivity contribution in [3.05, 3.63) is 28.3 Å². The molecule has 1 aliphatic carbocycles. The van der Waals surface area contributed by atoms with Crippen LogP contribution in [-0.2, 0) is 14.4 Å². The summed E-state index contributed by atoms with van der Waals surface area (Å²) in [5, 5.41) is 16.5. The van der Waals surface area contributed by atoms with Gasteiger partial charge >= 0.3 is 5.69 Å². The summed E-state index contributed by atoms with van der Waals surface area (Å²) in [6, 6.07) is 3.46. The minimum atomic E-state index is -4.01. The van der Waals surface area contributed by atoms with Crippen LogP contribution in [0.15, 0.2) is 23.1 Å². The van der Waals surface area contributed by atoms with Gasteiger partial charge in [-0.15, -0.1) is 0 Å². The number of rotatable bonds is 7. The highest BCUT2D eigenvalue weighted by molar-refractivity contribution is 7.89. The second-order valence-corrected chi connectivity index (χ2v) is 15.6. The third-order valence-electron chi connectivity index (χ3n) is 5.99. The lowest BCUT2D eigenvalue weighted by atomic mass is 9.88. The lowest BCUT2D eigenvalue weighted by molar-refractivity contribution is -0.386. The van der Waals surface area contributed by atoms with Gasteiger partial charge in [0, 0.05) is 12.2 Å². The van der Waals surface area contributed by atoms with Crippen LogP contribution in [0.25, 0.3) is 0 Å². The highest BCUT2D eigenvalue weighted by Gasteiger charge is 2.39. The molecule has 29 heavy (non-hydrogen) atoms. The summed E-state index contributed by atoms with van der Waals surface area (Å²) >= 11 is 0. The monoisotopic (exact) mass is 444 g/mol. The normalized spacial score (nSPS) is 21.0. The minimum Gasteiger partial charge on any atom is -0.487 e. The van der Waals surface area contributed by atoms with Crippen LogP contribution in [0, 0.1) is 16.0 Å². The number of nitrogens with two attached hydrogens (primary N) is 1. The number of benzene rings is 1. The largest absolute Gasteiger partial charge is 0.487 e. The van der Waals surface area contributed by atoms with Gasteiger partial charge in [-0.3, -0.25) is 10.1 Å². The highest BCUT2D eigenvalue weighted by Crippen LogP contribution is 2.40. The Morgan fingerprint density at radius 1 is 1.21 bits per heavy atom. The van der Waals surface area contributed by atoms with Crippen molar-refractivity contribution < 1.29 is 22.5 Å². The summed E-state index contributed by atoms with van der Waals surface area (Å²) in [6.45, 7) is 11.5. The van der Waals surface area contributed by atoms with Crippen LogP contribution in [0.3, 0.4) is 0 Å². The maximum absolute atomic E-state index is 11.4. The van der Waals surface area contributed by atoms with E-state index in [9.17, 15) is 18.5 Å². The van der Waals surface area contributed by atoms with E-state index in [1.807, 2.05) is 0 Å². The summed E-state index contributed by atoms with van der Waals surface area (Å²) < 4.78 is 35.0. The van der Waals surface area contributed by atoms with E-state index in [-0.39, 0.29) is 27.7 Å². The van der Waals surface area contributed by atoms with E-state index < -0.39 is 29.0 Å². The topological polar surface area (TPSA) is 122 Å². The predicted octanol–water partition coefficient (Wildman–Crippen LogP) is 4.20. The summed E-state index contributed by atoms with van der Waals surface area (Å²) in [4.78, 5) is 10.3. The van der Waals surface area contributed by atoms with Crippen LogP contribution in [0.2, 0.25) is 18.1 Å². The first-order valence-corrected chi connectivity index (χ1v) is 14.3. The Balaban J connectivity index is 1.95. The fourth-order valence-electron chi connectivity index (χ4n) is 3.16. The molecule has 0 aromatic heterocycles. The molecule has 1 aromatic rings. The third kappa shape index (κ3) is 6.24. The Morgan fingerprint density at radius 2 is 1.79 bits per heavy atom. The number of nitro groups is 1. The lowest BCUT2D eigenvalue weighted by Gasteiger charge is -2.41. The van der Waals surface area contributed by atoms with Gasteiger partial charge in [-0.2, -0.15) is 0 Å². The van der Waals surface area contributed by atoms with E-state index >= 15 is 0 Å². The van der Waals surface area contributed by atoms with Crippen LogP contribution in [-0.4, -0.2) is 34.4 Å². The van der Waals surface area contributed by atoms with Crippen LogP contribution in [0.1, 0.15) is 46.5 Å². The van der Waals surface area contributed by atoms with E-state index in [2.05, 4.69) is 33.9 Å². The smallest absolute Gasteiger partial charge is 0.312 e. The zero-order valence-corrected chi connectivity index (χ0v) is 19.6. The molecule has 8 nitrogen and oxygen atoms in total. The summed E-state index contributed by atoms with van der Waals surface area (Å²) in [5.41, 5.74) is -0.397. The quantitative estimate of drug-likeness (QED) is 0.382. The molecule has 1 fully saturated rings. The van der Waals surface area contributed by atoms with Crippen LogP contribution < -0.4 is 9.88 Å². The number of hydrogen-bond acceptors (Lipinski definition) is 6. The summed E-state index contributed by atoms with van der Waals surface area (Å²) in [5.74, 6) is 0.342. The van der Waals surface area contributed by atoms with Gasteiger partial charge in [0.25, 0.3) is 0 Å². The maximum Gasteiger partial charge on any atom is 0.312 e. The number of hydrogen-bond donors (Lipinski definition) is 1. The zero-order chi connectivity index (χ0) is 22.0. The van der Waals surface area contributed by atoms with Crippen molar-refractivity contribution in [2.45, 2.75) is 75.6 Å². The fourth-order valence-corrected chi connectivity index (χ4v) is 5.11. The van der Waals surface area contributed by atoms with Crippen molar-refractivity contribution in [2.75, 3.05) is 6.61 Å². The molecule has 2 rings (SSSR count). The molecule has 1 saturated carbocycles. The van der Waals surface area contributed by atoms with E-state index in [4.69, 9.17) is 14.3 Å². The number of nitro benzene ring substituents is 1. The van der Waals surface area contributed by atoms with Gasteiger partial charge in [0.05, 0.1) is 16.4 Å². The van der Waals surface area contributed by atoms with Gasteiger partial charge in [-0.05, 0) is 61.9 Å².